The van der Waals surface area contributed by atoms with Crippen molar-refractivity contribution in [2.75, 3.05) is 52.4 Å². The summed E-state index contributed by atoms with van der Waals surface area (Å²) in [6.07, 6.45) is 0. The van der Waals surface area contributed by atoms with Gasteiger partial charge in [-0.1, -0.05) is 0 Å². The number of rotatable bonds is 8. The molecular formula is C20H36N4O8Y+3. The fourth-order valence-electron chi connectivity index (χ4n) is 4.12. The maximum absolute atomic E-state index is 11.5. The van der Waals surface area contributed by atoms with Crippen LogP contribution in [-0.4, -0.2) is 140 Å². The fourth-order valence-corrected chi connectivity index (χ4v) is 4.12. The number of carboxylic acid groups (broad SMARTS) is 4. The van der Waals surface area contributed by atoms with Crippen molar-refractivity contribution in [1.82, 2.24) is 19.6 Å². The van der Waals surface area contributed by atoms with Crippen molar-refractivity contribution in [3.05, 3.63) is 0 Å². The van der Waals surface area contributed by atoms with Crippen LogP contribution in [0.3, 0.4) is 0 Å². The van der Waals surface area contributed by atoms with Gasteiger partial charge in [-0.3, -0.25) is 38.8 Å². The summed E-state index contributed by atoms with van der Waals surface area (Å²) in [6.45, 7) is 7.25. The van der Waals surface area contributed by atoms with Crippen molar-refractivity contribution in [2.45, 2.75) is 51.9 Å². The van der Waals surface area contributed by atoms with Gasteiger partial charge in [-0.15, -0.1) is 0 Å². The predicted octanol–water partition coefficient (Wildman–Crippen LogP) is -0.902. The van der Waals surface area contributed by atoms with Gasteiger partial charge in [-0.25, -0.2) is 0 Å². The molecule has 1 saturated heterocycles. The Labute approximate surface area is 219 Å². The monoisotopic (exact) mass is 549 g/mol. The van der Waals surface area contributed by atoms with E-state index in [0.29, 0.717) is 0 Å². The Morgan fingerprint density at radius 1 is 0.515 bits per heavy atom. The first-order valence-corrected chi connectivity index (χ1v) is 10.6. The van der Waals surface area contributed by atoms with Gasteiger partial charge in [0.25, 0.3) is 0 Å². The molecule has 1 rings (SSSR count). The van der Waals surface area contributed by atoms with E-state index in [1.165, 1.54) is 0 Å². The summed E-state index contributed by atoms with van der Waals surface area (Å²) in [5.41, 5.74) is 0. The van der Waals surface area contributed by atoms with E-state index in [1.54, 1.807) is 19.6 Å². The van der Waals surface area contributed by atoms with Crippen LogP contribution < -0.4 is 0 Å². The molecule has 1 heterocycles. The minimum atomic E-state index is -1.03. The second-order valence-corrected chi connectivity index (χ2v) is 8.69. The molecule has 4 atom stereocenters. The van der Waals surface area contributed by atoms with E-state index < -0.39 is 23.9 Å². The van der Waals surface area contributed by atoms with Gasteiger partial charge in [-0.2, -0.15) is 0 Å². The van der Waals surface area contributed by atoms with E-state index in [-0.39, 0.29) is 109 Å². The molecule has 0 bridgehead atoms. The zero-order chi connectivity index (χ0) is 24.6. The molecule has 184 valence electrons. The van der Waals surface area contributed by atoms with Crippen LogP contribution >= 0.6 is 0 Å². The van der Waals surface area contributed by atoms with E-state index in [1.807, 2.05) is 27.7 Å². The fraction of sp³-hybridized carbons (Fsp3) is 0.800. The van der Waals surface area contributed by atoms with Crippen molar-refractivity contribution in [3.63, 3.8) is 0 Å². The average molecular weight is 549 g/mol. The summed E-state index contributed by atoms with van der Waals surface area (Å²) >= 11 is 0. The first kappa shape index (κ1) is 31.8. The molecule has 0 aromatic carbocycles. The Morgan fingerprint density at radius 3 is 0.788 bits per heavy atom. The zero-order valence-corrected chi connectivity index (χ0v) is 22.6. The number of hydrogen-bond donors (Lipinski definition) is 4. The number of hydrogen-bond acceptors (Lipinski definition) is 8. The Bertz CT molecular complexity index is 570. The molecule has 0 radical (unpaired) electrons. The first-order valence-electron chi connectivity index (χ1n) is 10.6. The van der Waals surface area contributed by atoms with E-state index >= 15 is 0 Å². The van der Waals surface area contributed by atoms with E-state index in [2.05, 4.69) is 0 Å². The number of carboxylic acids is 4. The normalized spacial score (nSPS) is 27.0. The van der Waals surface area contributed by atoms with Gasteiger partial charge < -0.3 is 20.4 Å². The van der Waals surface area contributed by atoms with Crippen LogP contribution in [0.2, 0.25) is 0 Å². The molecule has 1 fully saturated rings. The zero-order valence-electron chi connectivity index (χ0n) is 19.8. The molecule has 0 saturated carbocycles. The van der Waals surface area contributed by atoms with E-state index in [0.717, 1.165) is 0 Å². The Kier molecular flexibility index (Phi) is 14.4. The van der Waals surface area contributed by atoms with Gasteiger partial charge in [0.2, 0.25) is 0 Å². The molecule has 0 aromatic rings. The van der Waals surface area contributed by atoms with Crippen LogP contribution in [0.1, 0.15) is 27.7 Å². The van der Waals surface area contributed by atoms with Gasteiger partial charge in [0.05, 0.1) is 26.2 Å². The summed E-state index contributed by atoms with van der Waals surface area (Å²) in [6, 6.07) is -1.31. The van der Waals surface area contributed by atoms with Gasteiger partial charge in [0.15, 0.2) is 0 Å². The summed E-state index contributed by atoms with van der Waals surface area (Å²) in [4.78, 5) is 52.7. The largest absolute Gasteiger partial charge is 3.00 e. The van der Waals surface area contributed by atoms with Crippen molar-refractivity contribution in [2.24, 2.45) is 0 Å². The SMILES string of the molecule is CC1CN(CC(=O)O)C(C)CN(CC(=O)O)C(C)CN(CC(=O)O)C(C)CN1CC(=O)O.[Y+3]. The van der Waals surface area contributed by atoms with Crippen LogP contribution in [0.15, 0.2) is 0 Å². The molecular weight excluding hydrogens is 513 g/mol. The van der Waals surface area contributed by atoms with Crippen molar-refractivity contribution < 1.29 is 72.3 Å². The molecule has 1 aliphatic rings. The summed E-state index contributed by atoms with van der Waals surface area (Å²) < 4.78 is 0. The van der Waals surface area contributed by atoms with E-state index in [9.17, 15) is 39.6 Å². The minimum Gasteiger partial charge on any atom is -0.480 e. The average Bonchev–Trinajstić information content (AvgIpc) is 2.63. The molecule has 33 heavy (non-hydrogen) atoms. The molecule has 12 nitrogen and oxygen atoms in total. The smallest absolute Gasteiger partial charge is 0.480 e. The Balaban J connectivity index is 0.0000102. The Morgan fingerprint density at radius 2 is 0.667 bits per heavy atom. The summed E-state index contributed by atoms with van der Waals surface area (Å²) in [5, 5.41) is 37.5. The van der Waals surface area contributed by atoms with Crippen LogP contribution in [0.25, 0.3) is 0 Å². The molecule has 0 spiro atoms. The van der Waals surface area contributed by atoms with E-state index in [4.69, 9.17) is 0 Å². The van der Waals surface area contributed by atoms with Gasteiger partial charge in [0.1, 0.15) is 0 Å². The number of aliphatic carboxylic acids is 4. The summed E-state index contributed by atoms with van der Waals surface area (Å²) in [7, 11) is 0. The maximum Gasteiger partial charge on any atom is 3.00 e. The van der Waals surface area contributed by atoms with Crippen LogP contribution in [0, 0.1) is 0 Å². The second kappa shape index (κ2) is 15.0. The standard InChI is InChI=1S/C20H36N4O8.Y/c1-13-5-22(10-18(27)28)15(3)7-24(12-20(31)32)16(4)8-23(11-19(29)30)14(2)6-21(13)9-17(25)26;/h13-16H,5-12H2,1-4H3,(H,25,26)(H,27,28)(H,29,30)(H,31,32);/q;+3. The second-order valence-electron chi connectivity index (χ2n) is 8.69. The van der Waals surface area contributed by atoms with Crippen molar-refractivity contribution in [3.8, 4) is 0 Å². The molecule has 0 aromatic heterocycles. The Hall–Kier alpha value is -1.18. The molecule has 1 aliphatic heterocycles. The van der Waals surface area contributed by atoms with Crippen molar-refractivity contribution in [1.29, 1.82) is 0 Å². The predicted molar refractivity (Wildman–Crippen MR) is 115 cm³/mol. The van der Waals surface area contributed by atoms with Gasteiger partial charge in [0, 0.05) is 50.3 Å². The molecule has 0 aliphatic carbocycles. The number of nitrogens with zero attached hydrogens (tertiary/aromatic N) is 4. The van der Waals surface area contributed by atoms with Crippen LogP contribution in [0.5, 0.6) is 0 Å². The van der Waals surface area contributed by atoms with Crippen LogP contribution in [0.4, 0.5) is 0 Å². The molecule has 4 unspecified atom stereocenters. The van der Waals surface area contributed by atoms with Crippen molar-refractivity contribution >= 4 is 23.9 Å². The first-order chi connectivity index (χ1) is 14.8. The van der Waals surface area contributed by atoms with Gasteiger partial charge >= 0.3 is 56.6 Å². The maximum atomic E-state index is 11.5. The molecule has 0 amide bonds. The third-order valence-corrected chi connectivity index (χ3v) is 5.84. The quantitative estimate of drug-likeness (QED) is 0.296. The minimum absolute atomic E-state index is 0. The van der Waals surface area contributed by atoms with Crippen LogP contribution in [-0.2, 0) is 51.9 Å². The number of carbonyl (C=O) groups is 4. The third-order valence-electron chi connectivity index (χ3n) is 5.84. The molecule has 13 heteroatoms. The third kappa shape index (κ3) is 11.7. The van der Waals surface area contributed by atoms with Gasteiger partial charge in [-0.05, 0) is 27.7 Å². The summed E-state index contributed by atoms with van der Waals surface area (Å²) in [5.74, 6) is -4.11. The molecule has 4 N–H and O–H groups in total. The topological polar surface area (TPSA) is 162 Å².